The molecule has 2 saturated carbocycles. The molecule has 0 saturated heterocycles. The fraction of sp³-hybridized carbons (Fsp3) is 0.611. The summed E-state index contributed by atoms with van der Waals surface area (Å²) in [6.07, 6.45) is -0.954. The summed E-state index contributed by atoms with van der Waals surface area (Å²) in [4.78, 5) is 12.4. The number of aliphatic hydroxyl groups excluding tert-OH is 1. The summed E-state index contributed by atoms with van der Waals surface area (Å²) in [6.45, 7) is 1.82. The lowest BCUT2D eigenvalue weighted by Crippen LogP contribution is -2.44. The van der Waals surface area contributed by atoms with E-state index in [-0.39, 0.29) is 29.7 Å². The number of hydrogen-bond donors (Lipinski definition) is 2. The number of benzene rings is 1. The van der Waals surface area contributed by atoms with Crippen LogP contribution in [0.25, 0.3) is 0 Å². The fourth-order valence-electron chi connectivity index (χ4n) is 4.75. The Morgan fingerprint density at radius 2 is 2.29 bits per heavy atom. The van der Waals surface area contributed by atoms with Gasteiger partial charge in [0.2, 0.25) is 0 Å². The molecule has 1 aromatic carbocycles. The fourth-order valence-corrected chi connectivity index (χ4v) is 4.75. The second-order valence-electron chi connectivity index (χ2n) is 6.94. The first kappa shape index (κ1) is 9.62. The Labute approximate surface area is 130 Å². The molecule has 3 nitrogen and oxygen atoms in total. The van der Waals surface area contributed by atoms with Gasteiger partial charge in [-0.3, -0.25) is 4.79 Å². The topological polar surface area (TPSA) is 57.5 Å². The maximum atomic E-state index is 12.4. The number of ketones is 1. The van der Waals surface area contributed by atoms with Gasteiger partial charge in [0.15, 0.2) is 5.78 Å². The van der Waals surface area contributed by atoms with Gasteiger partial charge in [-0.05, 0) is 66.6 Å². The number of hydrogen-bond acceptors (Lipinski definition) is 3. The molecule has 5 atom stereocenters. The summed E-state index contributed by atoms with van der Waals surface area (Å²) < 4.78 is 32.7. The third-order valence-corrected chi connectivity index (χ3v) is 5.93. The number of aromatic hydroxyl groups is 1. The normalized spacial score (nSPS) is 46.5. The minimum Gasteiger partial charge on any atom is -0.508 e. The van der Waals surface area contributed by atoms with Gasteiger partial charge in [-0.25, -0.2) is 0 Å². The molecule has 1 aromatic rings. The highest BCUT2D eigenvalue weighted by Gasteiger charge is 2.57. The molecule has 3 heteroatoms. The van der Waals surface area contributed by atoms with E-state index in [4.69, 9.17) is 5.48 Å². The van der Waals surface area contributed by atoms with Crippen molar-refractivity contribution in [3.8, 4) is 5.75 Å². The largest absolute Gasteiger partial charge is 0.508 e. The summed E-state index contributed by atoms with van der Waals surface area (Å²) in [5.74, 6) is -1.72. The first-order valence-electron chi connectivity index (χ1n) is 9.65. The second-order valence-corrected chi connectivity index (χ2v) is 6.94. The number of carbonyl (C=O) groups is 1. The molecular weight excluding hydrogens is 264 g/mol. The Morgan fingerprint density at radius 1 is 1.48 bits per heavy atom. The van der Waals surface area contributed by atoms with Crippen LogP contribution in [0.15, 0.2) is 18.2 Å². The van der Waals surface area contributed by atoms with Crippen molar-refractivity contribution in [1.29, 1.82) is 0 Å². The first-order valence-corrected chi connectivity index (χ1v) is 7.65. The minimum absolute atomic E-state index is 0.000159. The molecule has 112 valence electrons. The Balaban J connectivity index is 1.83. The molecule has 0 spiro atoms. The van der Waals surface area contributed by atoms with Crippen LogP contribution in [-0.4, -0.2) is 22.1 Å². The van der Waals surface area contributed by atoms with Gasteiger partial charge in [-0.2, -0.15) is 0 Å². The number of rotatable bonds is 0. The predicted octanol–water partition coefficient (Wildman–Crippen LogP) is 2.79. The van der Waals surface area contributed by atoms with Gasteiger partial charge in [-0.1, -0.05) is 13.0 Å². The molecule has 0 bridgehead atoms. The van der Waals surface area contributed by atoms with Crippen LogP contribution < -0.4 is 0 Å². The lowest BCUT2D eigenvalue weighted by Gasteiger charge is -2.49. The molecule has 2 N–H and O–H groups in total. The van der Waals surface area contributed by atoms with Gasteiger partial charge in [-0.15, -0.1) is 0 Å². The van der Waals surface area contributed by atoms with Crippen molar-refractivity contribution in [1.82, 2.24) is 0 Å². The Kier molecular flexibility index (Phi) is 1.98. The summed E-state index contributed by atoms with van der Waals surface area (Å²) in [5.41, 5.74) is 0.823. The molecule has 0 aliphatic heterocycles. The smallest absolute Gasteiger partial charge is 0.162 e. The van der Waals surface area contributed by atoms with Gasteiger partial charge in [0, 0.05) is 14.5 Å². The molecule has 0 unspecified atom stereocenters. The van der Waals surface area contributed by atoms with E-state index in [9.17, 15) is 15.0 Å². The minimum atomic E-state index is -2.06. The highest BCUT2D eigenvalue weighted by atomic mass is 16.3. The highest BCUT2D eigenvalue weighted by Crippen LogP contribution is 2.60. The van der Waals surface area contributed by atoms with E-state index < -0.39 is 29.6 Å². The SMILES string of the molecule is [2H]c1cc2c(c([2H])c1O)CC[C@@H]1[C@@H]2CC[C@@]2(C)[C@H]1C([2H])([2H])C(=O)[C@@H]2O. The average Bonchev–Trinajstić information content (AvgIpc) is 2.70. The average molecular weight is 290 g/mol. The molecule has 0 radical (unpaired) electrons. The quantitative estimate of drug-likeness (QED) is 0.772. The molecule has 0 heterocycles. The summed E-state index contributed by atoms with van der Waals surface area (Å²) in [5, 5.41) is 20.3. The Bertz CT molecular complexity index is 778. The van der Waals surface area contributed by atoms with Crippen LogP contribution in [-0.2, 0) is 11.2 Å². The Hall–Kier alpha value is -1.35. The van der Waals surface area contributed by atoms with Gasteiger partial charge in [0.1, 0.15) is 11.9 Å². The number of phenolic OH excluding ortho intramolecular Hbond substituents is 1. The molecule has 3 aliphatic carbocycles. The maximum Gasteiger partial charge on any atom is 0.162 e. The van der Waals surface area contributed by atoms with Gasteiger partial charge >= 0.3 is 0 Å². The van der Waals surface area contributed by atoms with Crippen molar-refractivity contribution in [3.05, 3.63) is 29.3 Å². The predicted molar refractivity (Wildman–Crippen MR) is 79.1 cm³/mol. The van der Waals surface area contributed by atoms with Gasteiger partial charge in [0.05, 0.1) is 2.74 Å². The van der Waals surface area contributed by atoms with E-state index in [1.807, 2.05) is 6.92 Å². The van der Waals surface area contributed by atoms with Crippen LogP contribution in [0.2, 0.25) is 0 Å². The van der Waals surface area contributed by atoms with Gasteiger partial charge < -0.3 is 10.2 Å². The lowest BCUT2D eigenvalue weighted by atomic mass is 9.55. The molecule has 0 amide bonds. The summed E-state index contributed by atoms with van der Waals surface area (Å²) >= 11 is 0. The molecule has 2 fully saturated rings. The van der Waals surface area contributed by atoms with E-state index in [1.165, 1.54) is 0 Å². The van der Waals surface area contributed by atoms with Crippen molar-refractivity contribution < 1.29 is 20.5 Å². The summed E-state index contributed by atoms with van der Waals surface area (Å²) in [6, 6.07) is 1.52. The van der Waals surface area contributed by atoms with E-state index in [0.29, 0.717) is 25.7 Å². The number of Topliss-reactive ketones (excluding diaryl/α,β-unsaturated/α-hetero) is 1. The highest BCUT2D eigenvalue weighted by molar-refractivity contribution is 5.86. The monoisotopic (exact) mass is 290 g/mol. The third kappa shape index (κ3) is 1.73. The van der Waals surface area contributed by atoms with Crippen molar-refractivity contribution in [2.24, 2.45) is 17.3 Å². The number of phenols is 1. The zero-order chi connectivity index (χ0) is 18.3. The first-order chi connectivity index (χ1) is 11.6. The molecule has 21 heavy (non-hydrogen) atoms. The molecule has 0 aromatic heterocycles. The third-order valence-electron chi connectivity index (χ3n) is 5.93. The zero-order valence-corrected chi connectivity index (χ0v) is 12.0. The van der Waals surface area contributed by atoms with Crippen molar-refractivity contribution in [2.75, 3.05) is 0 Å². The van der Waals surface area contributed by atoms with Crippen LogP contribution in [0.4, 0.5) is 0 Å². The molecule has 4 rings (SSSR count). The van der Waals surface area contributed by atoms with E-state index in [1.54, 1.807) is 6.07 Å². The van der Waals surface area contributed by atoms with E-state index >= 15 is 0 Å². The number of carbonyl (C=O) groups excluding carboxylic acids is 1. The van der Waals surface area contributed by atoms with Gasteiger partial charge in [0.25, 0.3) is 0 Å². The standard InChI is InChI=1S/C18H22O3/c1-18-7-6-13-12-5-3-11(19)8-10(12)2-4-14(13)15(18)9-16(20)17(18)21/h3,5,8,13-15,17,19,21H,2,4,6-7,9H2,1H3/t13-,14-,15+,17+,18+/m1/s1/i3D,8D,9D2. The number of fused-ring (bicyclic) bond motifs is 5. The van der Waals surface area contributed by atoms with Crippen LogP contribution in [0.1, 0.15) is 55.1 Å². The summed E-state index contributed by atoms with van der Waals surface area (Å²) in [7, 11) is 0. The number of aliphatic hydroxyl groups is 1. The van der Waals surface area contributed by atoms with E-state index in [0.717, 1.165) is 11.1 Å². The van der Waals surface area contributed by atoms with Crippen molar-refractivity contribution in [3.63, 3.8) is 0 Å². The maximum absolute atomic E-state index is 12.4. The van der Waals surface area contributed by atoms with Crippen LogP contribution in [0.5, 0.6) is 5.75 Å². The molecular formula is C18H22O3. The van der Waals surface area contributed by atoms with Crippen molar-refractivity contribution >= 4 is 5.78 Å². The van der Waals surface area contributed by atoms with Crippen LogP contribution in [0, 0.1) is 17.3 Å². The zero-order valence-electron chi connectivity index (χ0n) is 16.0. The van der Waals surface area contributed by atoms with E-state index in [2.05, 4.69) is 0 Å². The lowest BCUT2D eigenvalue weighted by molar-refractivity contribution is -0.128. The Morgan fingerprint density at radius 3 is 3.10 bits per heavy atom. The molecule has 3 aliphatic rings. The van der Waals surface area contributed by atoms with Crippen LogP contribution >= 0.6 is 0 Å². The van der Waals surface area contributed by atoms with Crippen LogP contribution in [0.3, 0.4) is 0 Å². The second kappa shape index (κ2) is 4.33. The van der Waals surface area contributed by atoms with Crippen molar-refractivity contribution in [2.45, 2.75) is 51.0 Å².